The lowest BCUT2D eigenvalue weighted by molar-refractivity contribution is -0.147. The van der Waals surface area contributed by atoms with Gasteiger partial charge in [0.25, 0.3) is 0 Å². The molecule has 1 atom stereocenters. The lowest BCUT2D eigenvalue weighted by Crippen LogP contribution is -2.45. The summed E-state index contributed by atoms with van der Waals surface area (Å²) in [6, 6.07) is 7.95. The summed E-state index contributed by atoms with van der Waals surface area (Å²) >= 11 is 0. The summed E-state index contributed by atoms with van der Waals surface area (Å²) in [6.07, 6.45) is -0.947. The van der Waals surface area contributed by atoms with Gasteiger partial charge in [0.15, 0.2) is 0 Å². The monoisotopic (exact) mass is 393 g/mol. The summed E-state index contributed by atoms with van der Waals surface area (Å²) in [5.74, 6) is -1.86. The Morgan fingerprint density at radius 2 is 1.75 bits per heavy atom. The number of nitrogens with one attached hydrogen (secondary N) is 2. The molecule has 9 heteroatoms. The molecule has 0 saturated carbocycles. The Labute approximate surface area is 163 Å². The summed E-state index contributed by atoms with van der Waals surface area (Å²) in [4.78, 5) is 46.9. The van der Waals surface area contributed by atoms with E-state index >= 15 is 0 Å². The lowest BCUT2D eigenvalue weighted by atomic mass is 10.1. The van der Waals surface area contributed by atoms with E-state index in [2.05, 4.69) is 10.6 Å². The Kier molecular flexibility index (Phi) is 8.94. The molecule has 9 nitrogen and oxygen atoms in total. The molecule has 0 aromatic heterocycles. The second kappa shape index (κ2) is 10.9. The Bertz CT molecular complexity index is 685. The van der Waals surface area contributed by atoms with Gasteiger partial charge in [-0.15, -0.1) is 0 Å². The van der Waals surface area contributed by atoms with Crippen LogP contribution in [0.1, 0.15) is 39.2 Å². The van der Waals surface area contributed by atoms with E-state index in [1.807, 2.05) is 18.2 Å². The SMILES string of the molecule is CC(C)(C)OC(=O)N[C@@H](CCC(=O)NCC(N)=O)C(=O)OCc1ccccc1. The zero-order valence-corrected chi connectivity index (χ0v) is 16.3. The lowest BCUT2D eigenvalue weighted by Gasteiger charge is -2.23. The highest BCUT2D eigenvalue weighted by Crippen LogP contribution is 2.09. The van der Waals surface area contributed by atoms with Gasteiger partial charge in [0.05, 0.1) is 6.54 Å². The zero-order valence-electron chi connectivity index (χ0n) is 16.3. The molecule has 0 saturated heterocycles. The van der Waals surface area contributed by atoms with Crippen molar-refractivity contribution in [3.63, 3.8) is 0 Å². The number of carbonyl (C=O) groups excluding carboxylic acids is 4. The summed E-state index contributed by atoms with van der Waals surface area (Å²) < 4.78 is 10.4. The Hall–Kier alpha value is -3.10. The predicted octanol–water partition coefficient (Wildman–Crippen LogP) is 1.00. The number of nitrogens with two attached hydrogens (primary N) is 1. The predicted molar refractivity (Wildman–Crippen MR) is 101 cm³/mol. The van der Waals surface area contributed by atoms with Gasteiger partial charge in [0.1, 0.15) is 18.2 Å². The van der Waals surface area contributed by atoms with E-state index < -0.39 is 35.5 Å². The van der Waals surface area contributed by atoms with Crippen molar-refractivity contribution in [3.8, 4) is 0 Å². The summed E-state index contributed by atoms with van der Waals surface area (Å²) in [5.41, 5.74) is 5.00. The number of benzene rings is 1. The molecule has 0 radical (unpaired) electrons. The summed E-state index contributed by atoms with van der Waals surface area (Å²) in [6.45, 7) is 4.78. The first-order chi connectivity index (χ1) is 13.1. The van der Waals surface area contributed by atoms with Crippen molar-refractivity contribution in [3.05, 3.63) is 35.9 Å². The van der Waals surface area contributed by atoms with E-state index in [9.17, 15) is 19.2 Å². The molecule has 1 aromatic rings. The molecule has 1 aromatic carbocycles. The van der Waals surface area contributed by atoms with Gasteiger partial charge in [-0.25, -0.2) is 9.59 Å². The van der Waals surface area contributed by atoms with Gasteiger partial charge in [-0.2, -0.15) is 0 Å². The van der Waals surface area contributed by atoms with Crippen molar-refractivity contribution in [2.24, 2.45) is 5.73 Å². The van der Waals surface area contributed by atoms with Crippen LogP contribution in [0.15, 0.2) is 30.3 Å². The number of primary amides is 1. The van der Waals surface area contributed by atoms with Gasteiger partial charge >= 0.3 is 12.1 Å². The van der Waals surface area contributed by atoms with E-state index in [0.717, 1.165) is 5.56 Å². The number of alkyl carbamates (subject to hydrolysis) is 1. The molecule has 0 aliphatic carbocycles. The van der Waals surface area contributed by atoms with Crippen LogP contribution in [-0.2, 0) is 30.5 Å². The number of esters is 1. The van der Waals surface area contributed by atoms with E-state index in [4.69, 9.17) is 15.2 Å². The van der Waals surface area contributed by atoms with Crippen LogP contribution in [0.25, 0.3) is 0 Å². The zero-order chi connectivity index (χ0) is 21.2. The van der Waals surface area contributed by atoms with Crippen LogP contribution >= 0.6 is 0 Å². The maximum atomic E-state index is 12.4. The van der Waals surface area contributed by atoms with Gasteiger partial charge in [-0.3, -0.25) is 9.59 Å². The van der Waals surface area contributed by atoms with Crippen LogP contribution in [-0.4, -0.2) is 42.1 Å². The Morgan fingerprint density at radius 1 is 1.11 bits per heavy atom. The number of amides is 3. The van der Waals surface area contributed by atoms with Crippen molar-refractivity contribution < 1.29 is 28.7 Å². The van der Waals surface area contributed by atoms with Gasteiger partial charge in [0.2, 0.25) is 11.8 Å². The van der Waals surface area contributed by atoms with Crippen molar-refractivity contribution in [1.82, 2.24) is 10.6 Å². The molecule has 0 bridgehead atoms. The summed E-state index contributed by atoms with van der Waals surface area (Å²) in [7, 11) is 0. The highest BCUT2D eigenvalue weighted by molar-refractivity contribution is 5.85. The maximum Gasteiger partial charge on any atom is 0.408 e. The van der Waals surface area contributed by atoms with Gasteiger partial charge in [-0.05, 0) is 32.8 Å². The molecular weight excluding hydrogens is 366 g/mol. The number of carbonyl (C=O) groups is 4. The number of rotatable bonds is 9. The first-order valence-electron chi connectivity index (χ1n) is 8.82. The molecule has 0 aliphatic heterocycles. The highest BCUT2D eigenvalue weighted by atomic mass is 16.6. The van der Waals surface area contributed by atoms with Crippen LogP contribution in [0.2, 0.25) is 0 Å². The second-order valence-electron chi connectivity index (χ2n) is 7.07. The van der Waals surface area contributed by atoms with Crippen LogP contribution in [0.5, 0.6) is 0 Å². The highest BCUT2D eigenvalue weighted by Gasteiger charge is 2.26. The topological polar surface area (TPSA) is 137 Å². The third-order valence-electron chi connectivity index (χ3n) is 3.32. The molecule has 0 heterocycles. The molecule has 0 fully saturated rings. The molecule has 154 valence electrons. The number of ether oxygens (including phenoxy) is 2. The van der Waals surface area contributed by atoms with E-state index in [-0.39, 0.29) is 26.0 Å². The second-order valence-corrected chi connectivity index (χ2v) is 7.07. The standard InChI is InChI=1S/C19H27N3O6/c1-19(2,3)28-18(26)22-14(9-10-16(24)21-11-15(20)23)17(25)27-12-13-7-5-4-6-8-13/h4-8,14H,9-12H2,1-3H3,(H2,20,23)(H,21,24)(H,22,26)/t14-/m0/s1. The molecule has 3 amide bonds. The van der Waals surface area contributed by atoms with Crippen LogP contribution < -0.4 is 16.4 Å². The van der Waals surface area contributed by atoms with E-state index in [1.54, 1.807) is 32.9 Å². The minimum Gasteiger partial charge on any atom is -0.459 e. The first-order valence-corrected chi connectivity index (χ1v) is 8.82. The average molecular weight is 393 g/mol. The van der Waals surface area contributed by atoms with Gasteiger partial charge < -0.3 is 25.8 Å². The summed E-state index contributed by atoms with van der Waals surface area (Å²) in [5, 5.41) is 4.74. The number of hydrogen-bond acceptors (Lipinski definition) is 6. The minimum absolute atomic E-state index is 0.0278. The fraction of sp³-hybridized carbons (Fsp3) is 0.474. The normalized spacial score (nSPS) is 11.8. The Balaban J connectivity index is 2.67. The van der Waals surface area contributed by atoms with Crippen molar-refractivity contribution in [1.29, 1.82) is 0 Å². The van der Waals surface area contributed by atoms with Crippen molar-refractivity contribution >= 4 is 23.9 Å². The molecule has 0 aliphatic rings. The average Bonchev–Trinajstić information content (AvgIpc) is 2.60. The Morgan fingerprint density at radius 3 is 2.32 bits per heavy atom. The van der Waals surface area contributed by atoms with E-state index in [1.165, 1.54) is 0 Å². The number of hydrogen-bond donors (Lipinski definition) is 3. The quantitative estimate of drug-likeness (QED) is 0.536. The molecule has 0 spiro atoms. The molecule has 4 N–H and O–H groups in total. The third-order valence-corrected chi connectivity index (χ3v) is 3.32. The van der Waals surface area contributed by atoms with Gasteiger partial charge in [0, 0.05) is 6.42 Å². The van der Waals surface area contributed by atoms with Gasteiger partial charge in [-0.1, -0.05) is 30.3 Å². The molecular formula is C19H27N3O6. The van der Waals surface area contributed by atoms with Crippen LogP contribution in [0.4, 0.5) is 4.79 Å². The van der Waals surface area contributed by atoms with Crippen LogP contribution in [0, 0.1) is 0 Å². The smallest absolute Gasteiger partial charge is 0.408 e. The maximum absolute atomic E-state index is 12.4. The fourth-order valence-electron chi connectivity index (χ4n) is 2.08. The molecule has 0 unspecified atom stereocenters. The first kappa shape index (κ1) is 22.9. The van der Waals surface area contributed by atoms with Crippen molar-refractivity contribution in [2.75, 3.05) is 6.54 Å². The fourth-order valence-corrected chi connectivity index (χ4v) is 2.08. The molecule has 1 rings (SSSR count). The minimum atomic E-state index is -1.09. The van der Waals surface area contributed by atoms with Crippen molar-refractivity contribution in [2.45, 2.75) is 51.9 Å². The largest absolute Gasteiger partial charge is 0.459 e. The van der Waals surface area contributed by atoms with E-state index in [0.29, 0.717) is 0 Å². The third kappa shape index (κ3) is 10.1. The molecule has 28 heavy (non-hydrogen) atoms. The van der Waals surface area contributed by atoms with Crippen LogP contribution in [0.3, 0.4) is 0 Å².